The molecular formula is C30H36N4O4. The van der Waals surface area contributed by atoms with Gasteiger partial charge in [-0.2, -0.15) is 5.26 Å². The number of carbonyl (C=O) groups is 3. The van der Waals surface area contributed by atoms with Crippen molar-refractivity contribution in [1.82, 2.24) is 15.5 Å². The zero-order valence-electron chi connectivity index (χ0n) is 22.9. The number of amides is 3. The molecule has 2 N–H and O–H groups in total. The number of carbonyl (C=O) groups excluding carboxylic acids is 3. The fourth-order valence-electron chi connectivity index (χ4n) is 3.74. The molecule has 0 fully saturated rings. The van der Waals surface area contributed by atoms with Gasteiger partial charge in [0, 0.05) is 17.5 Å². The van der Waals surface area contributed by atoms with E-state index in [0.717, 1.165) is 5.56 Å². The Kier molecular flexibility index (Phi) is 10.1. The summed E-state index contributed by atoms with van der Waals surface area (Å²) in [5.41, 5.74) is 0.478. The number of rotatable bonds is 8. The molecule has 2 aromatic carbocycles. The third-order valence-corrected chi connectivity index (χ3v) is 5.25. The van der Waals surface area contributed by atoms with Gasteiger partial charge in [-0.1, -0.05) is 48.4 Å². The summed E-state index contributed by atoms with van der Waals surface area (Å²) >= 11 is 0. The van der Waals surface area contributed by atoms with Crippen molar-refractivity contribution in [3.8, 4) is 18.4 Å². The first kappa shape index (κ1) is 29.9. The van der Waals surface area contributed by atoms with Crippen LogP contribution in [0.5, 0.6) is 0 Å². The van der Waals surface area contributed by atoms with Crippen molar-refractivity contribution in [3.63, 3.8) is 0 Å². The smallest absolute Gasteiger partial charge is 0.408 e. The second-order valence-corrected chi connectivity index (χ2v) is 10.9. The van der Waals surface area contributed by atoms with E-state index >= 15 is 0 Å². The van der Waals surface area contributed by atoms with E-state index in [9.17, 15) is 19.6 Å². The highest BCUT2D eigenvalue weighted by Crippen LogP contribution is 2.24. The highest BCUT2D eigenvalue weighted by molar-refractivity contribution is 5.92. The van der Waals surface area contributed by atoms with Gasteiger partial charge in [0.05, 0.1) is 6.07 Å². The van der Waals surface area contributed by atoms with E-state index in [2.05, 4.69) is 16.6 Å². The molecule has 0 aromatic heterocycles. The Hall–Kier alpha value is -4.30. The van der Waals surface area contributed by atoms with Gasteiger partial charge in [-0.05, 0) is 64.8 Å². The fourth-order valence-corrected chi connectivity index (χ4v) is 3.74. The zero-order valence-corrected chi connectivity index (χ0v) is 22.9. The number of nitriles is 1. The minimum atomic E-state index is -1.15. The molecule has 38 heavy (non-hydrogen) atoms. The van der Waals surface area contributed by atoms with Gasteiger partial charge in [0.2, 0.25) is 11.8 Å². The van der Waals surface area contributed by atoms with E-state index in [4.69, 9.17) is 11.2 Å². The summed E-state index contributed by atoms with van der Waals surface area (Å²) in [5, 5.41) is 15.2. The molecule has 8 heteroatoms. The van der Waals surface area contributed by atoms with Crippen LogP contribution in [0.1, 0.15) is 64.3 Å². The van der Waals surface area contributed by atoms with Gasteiger partial charge in [-0.15, -0.1) is 6.42 Å². The minimum Gasteiger partial charge on any atom is -0.444 e. The maximum absolute atomic E-state index is 14.0. The van der Waals surface area contributed by atoms with Gasteiger partial charge in [0.15, 0.2) is 0 Å². The summed E-state index contributed by atoms with van der Waals surface area (Å²) in [6.45, 7) is 10.2. The summed E-state index contributed by atoms with van der Waals surface area (Å²) in [6.07, 6.45) is 4.84. The number of benzene rings is 2. The van der Waals surface area contributed by atoms with E-state index in [1.165, 1.54) is 4.90 Å². The summed E-state index contributed by atoms with van der Waals surface area (Å²) in [6, 6.07) is 15.6. The van der Waals surface area contributed by atoms with Gasteiger partial charge in [-0.3, -0.25) is 9.59 Å². The van der Waals surface area contributed by atoms with Crippen LogP contribution in [0.4, 0.5) is 4.79 Å². The maximum atomic E-state index is 14.0. The molecular weight excluding hydrogens is 480 g/mol. The number of terminal acetylenes is 1. The van der Waals surface area contributed by atoms with Crippen molar-refractivity contribution in [2.75, 3.05) is 6.54 Å². The maximum Gasteiger partial charge on any atom is 0.408 e. The minimum absolute atomic E-state index is 0.129. The lowest BCUT2D eigenvalue weighted by molar-refractivity contribution is -0.142. The summed E-state index contributed by atoms with van der Waals surface area (Å²) in [5.74, 6) is 1.46. The van der Waals surface area contributed by atoms with Crippen molar-refractivity contribution in [2.24, 2.45) is 0 Å². The molecule has 0 spiro atoms. The molecule has 3 amide bonds. The lowest BCUT2D eigenvalue weighted by Crippen LogP contribution is -2.55. The zero-order chi connectivity index (χ0) is 28.5. The number of nitrogens with one attached hydrogen (secondary N) is 2. The van der Waals surface area contributed by atoms with Gasteiger partial charge in [-0.25, -0.2) is 4.79 Å². The van der Waals surface area contributed by atoms with Crippen LogP contribution in [0.2, 0.25) is 0 Å². The quantitative estimate of drug-likeness (QED) is 0.405. The van der Waals surface area contributed by atoms with Gasteiger partial charge in [0.1, 0.15) is 24.2 Å². The van der Waals surface area contributed by atoms with Crippen molar-refractivity contribution in [3.05, 3.63) is 71.3 Å². The van der Waals surface area contributed by atoms with Crippen molar-refractivity contribution in [2.45, 2.75) is 71.2 Å². The van der Waals surface area contributed by atoms with Gasteiger partial charge in [0.25, 0.3) is 0 Å². The molecule has 2 rings (SSSR count). The van der Waals surface area contributed by atoms with Crippen molar-refractivity contribution in [1.29, 1.82) is 5.26 Å². The molecule has 0 radical (unpaired) electrons. The lowest BCUT2D eigenvalue weighted by atomic mass is 9.98. The predicted octanol–water partition coefficient (Wildman–Crippen LogP) is 4.11. The topological polar surface area (TPSA) is 112 Å². The third-order valence-electron chi connectivity index (χ3n) is 5.25. The van der Waals surface area contributed by atoms with Crippen LogP contribution < -0.4 is 10.6 Å². The molecule has 0 aliphatic rings. The summed E-state index contributed by atoms with van der Waals surface area (Å²) in [4.78, 5) is 41.5. The number of alkyl carbamates (subject to hydrolysis) is 1. The fraction of sp³-hybridized carbons (Fsp3) is 0.400. The Morgan fingerprint density at radius 2 is 1.61 bits per heavy atom. The molecule has 0 aliphatic carbocycles. The molecule has 0 saturated heterocycles. The molecule has 0 bridgehead atoms. The molecule has 0 aliphatic heterocycles. The number of hydrogen-bond acceptors (Lipinski definition) is 5. The van der Waals surface area contributed by atoms with E-state index in [1.54, 1.807) is 45.0 Å². The van der Waals surface area contributed by atoms with Crippen LogP contribution in [0.25, 0.3) is 0 Å². The molecule has 2 aromatic rings. The third kappa shape index (κ3) is 9.29. The molecule has 2 unspecified atom stereocenters. The second kappa shape index (κ2) is 12.8. The van der Waals surface area contributed by atoms with E-state index in [1.807, 2.05) is 57.2 Å². The number of ether oxygens (including phenoxy) is 1. The summed E-state index contributed by atoms with van der Waals surface area (Å²) < 4.78 is 5.40. The first-order chi connectivity index (χ1) is 17.7. The first-order valence-electron chi connectivity index (χ1n) is 12.3. The van der Waals surface area contributed by atoms with Crippen LogP contribution in [-0.2, 0) is 20.7 Å². The van der Waals surface area contributed by atoms with E-state index < -0.39 is 41.1 Å². The Balaban J connectivity index is 2.55. The van der Waals surface area contributed by atoms with Crippen LogP contribution in [0.3, 0.4) is 0 Å². The van der Waals surface area contributed by atoms with Gasteiger partial charge >= 0.3 is 6.09 Å². The molecule has 200 valence electrons. The predicted molar refractivity (Wildman–Crippen MR) is 146 cm³/mol. The van der Waals surface area contributed by atoms with Crippen LogP contribution in [0.15, 0.2) is 54.6 Å². The highest BCUT2D eigenvalue weighted by atomic mass is 16.6. The monoisotopic (exact) mass is 516 g/mol. The van der Waals surface area contributed by atoms with Gasteiger partial charge < -0.3 is 20.3 Å². The second-order valence-electron chi connectivity index (χ2n) is 10.9. The average molecular weight is 517 g/mol. The number of nitrogens with zero attached hydrogens (tertiary/aromatic N) is 2. The molecule has 2 atom stereocenters. The Morgan fingerprint density at radius 3 is 2.11 bits per heavy atom. The molecule has 0 heterocycles. The Labute approximate surface area is 225 Å². The Bertz CT molecular complexity index is 1200. The van der Waals surface area contributed by atoms with Crippen LogP contribution in [-0.4, -0.2) is 46.5 Å². The SMILES string of the molecule is C#Cc1ccc(C(C(=O)NC(C)(C)C)N(CC#N)C(=O)C(Cc2ccccc2)NC(=O)OC(C)(C)C)cc1. The van der Waals surface area contributed by atoms with E-state index in [0.29, 0.717) is 11.1 Å². The lowest BCUT2D eigenvalue weighted by Gasteiger charge is -2.34. The molecule has 8 nitrogen and oxygen atoms in total. The largest absolute Gasteiger partial charge is 0.444 e. The average Bonchev–Trinajstić information content (AvgIpc) is 2.81. The first-order valence-corrected chi connectivity index (χ1v) is 12.3. The van der Waals surface area contributed by atoms with E-state index in [-0.39, 0.29) is 13.0 Å². The highest BCUT2D eigenvalue weighted by Gasteiger charge is 2.37. The Morgan fingerprint density at radius 1 is 1.00 bits per heavy atom. The van der Waals surface area contributed by atoms with Crippen LogP contribution in [0, 0.1) is 23.7 Å². The van der Waals surface area contributed by atoms with Crippen LogP contribution >= 0.6 is 0 Å². The normalized spacial score (nSPS) is 12.7. The summed E-state index contributed by atoms with van der Waals surface area (Å²) in [7, 11) is 0. The van der Waals surface area contributed by atoms with Crippen molar-refractivity contribution < 1.29 is 19.1 Å². The van der Waals surface area contributed by atoms with Crippen molar-refractivity contribution >= 4 is 17.9 Å². The standard InChI is InChI=1S/C30H36N4O4/c1-8-21-14-16-23(17-15-21)25(26(35)33-29(2,3)4)34(19-18-31)27(36)24(20-22-12-10-9-11-13-22)32-28(37)38-30(5,6)7/h1,9-17,24-25H,19-20H2,2-7H3,(H,32,37)(H,33,35). The number of hydrogen-bond donors (Lipinski definition) is 2. The molecule has 0 saturated carbocycles.